The standard InChI is InChI=1S/C33H24N.C13H24O2.Ir/c1-33(2,3)28-18-22(17-21-9-4-5-12-23(21)28)30-19-27-26-14-7-11-20-10-6-13-24(31(20)26)25-15-8-16-29(34-30)32(25)27;1-5-10(6-2)12(14)9-13(15)11(7-3)8-4;/h4-16,18-19H,1-3H3;9-11,14H,5-8H2,1-4H3;/q-1;;/b;12-9-;. The molecule has 6 aromatic carbocycles. The first-order valence-corrected chi connectivity index (χ1v) is 18.0. The van der Waals surface area contributed by atoms with Gasteiger partial charge in [-0.15, -0.1) is 29.1 Å². The van der Waals surface area contributed by atoms with Gasteiger partial charge in [-0.05, 0) is 69.5 Å². The van der Waals surface area contributed by atoms with Crippen molar-refractivity contribution in [2.75, 3.05) is 0 Å². The van der Waals surface area contributed by atoms with Crippen LogP contribution in [0.3, 0.4) is 0 Å². The van der Waals surface area contributed by atoms with Gasteiger partial charge in [-0.3, -0.25) is 9.78 Å². The first kappa shape index (κ1) is 37.2. The van der Waals surface area contributed by atoms with Gasteiger partial charge in [0, 0.05) is 49.1 Å². The average molecular weight is 839 g/mol. The van der Waals surface area contributed by atoms with Gasteiger partial charge in [0.05, 0.1) is 11.3 Å². The van der Waals surface area contributed by atoms with Gasteiger partial charge in [-0.1, -0.05) is 132 Å². The molecule has 50 heavy (non-hydrogen) atoms. The Hall–Kier alpha value is -4.11. The van der Waals surface area contributed by atoms with E-state index in [0.717, 1.165) is 47.8 Å². The van der Waals surface area contributed by atoms with Crippen molar-refractivity contribution >= 4 is 59.8 Å². The molecule has 0 aliphatic rings. The number of aliphatic hydroxyl groups is 1. The van der Waals surface area contributed by atoms with E-state index in [1.54, 1.807) is 0 Å². The van der Waals surface area contributed by atoms with Crippen LogP contribution in [0.2, 0.25) is 0 Å². The molecule has 0 spiro atoms. The Morgan fingerprint density at radius 2 is 1.28 bits per heavy atom. The predicted octanol–water partition coefficient (Wildman–Crippen LogP) is 12.9. The Morgan fingerprint density at radius 1 is 0.720 bits per heavy atom. The first-order valence-electron chi connectivity index (χ1n) is 18.0. The molecule has 0 aliphatic heterocycles. The molecular weight excluding hydrogens is 791 g/mol. The second-order valence-electron chi connectivity index (χ2n) is 14.4. The van der Waals surface area contributed by atoms with Gasteiger partial charge in [0.15, 0.2) is 5.78 Å². The van der Waals surface area contributed by atoms with E-state index in [9.17, 15) is 9.90 Å². The van der Waals surface area contributed by atoms with Crippen LogP contribution in [0.15, 0.2) is 103 Å². The van der Waals surface area contributed by atoms with Crippen molar-refractivity contribution in [3.63, 3.8) is 0 Å². The SMILES string of the molecule is CC(C)(C)c1cc(-c2cc3c4cccc5cccc(c6cccc(n2)c63)c54)[c-]c2ccccc12.CCC(CC)C(=O)/C=C(\O)C(CC)CC.[Ir]. The van der Waals surface area contributed by atoms with Crippen LogP contribution in [0.5, 0.6) is 0 Å². The number of aromatic nitrogens is 1. The summed E-state index contributed by atoms with van der Waals surface area (Å²) in [4.78, 5) is 16.9. The summed E-state index contributed by atoms with van der Waals surface area (Å²) in [6.07, 6.45) is 4.91. The molecule has 0 bridgehead atoms. The van der Waals surface area contributed by atoms with Crippen LogP contribution in [-0.2, 0) is 30.3 Å². The van der Waals surface area contributed by atoms with E-state index in [4.69, 9.17) is 4.98 Å². The van der Waals surface area contributed by atoms with Gasteiger partial charge in [0.2, 0.25) is 0 Å². The van der Waals surface area contributed by atoms with Crippen molar-refractivity contribution in [2.45, 2.75) is 79.6 Å². The number of carbonyl (C=O) groups is 1. The molecule has 1 radical (unpaired) electrons. The molecular formula is C46H48IrNO2-. The molecule has 259 valence electrons. The molecule has 0 saturated heterocycles. The van der Waals surface area contributed by atoms with Gasteiger partial charge >= 0.3 is 0 Å². The number of aliphatic hydroxyl groups excluding tert-OH is 1. The number of benzene rings is 6. The number of nitrogens with zero attached hydrogens (tertiary/aromatic N) is 1. The molecule has 0 atom stereocenters. The van der Waals surface area contributed by atoms with E-state index in [2.05, 4.69) is 118 Å². The monoisotopic (exact) mass is 839 g/mol. The van der Waals surface area contributed by atoms with Crippen molar-refractivity contribution < 1.29 is 30.0 Å². The minimum Gasteiger partial charge on any atom is -0.512 e. The topological polar surface area (TPSA) is 50.2 Å². The molecule has 0 unspecified atom stereocenters. The number of hydrogen-bond acceptors (Lipinski definition) is 3. The van der Waals surface area contributed by atoms with Crippen molar-refractivity contribution in [3.05, 3.63) is 114 Å². The summed E-state index contributed by atoms with van der Waals surface area (Å²) in [6, 6.07) is 36.6. The third kappa shape index (κ3) is 7.07. The summed E-state index contributed by atoms with van der Waals surface area (Å²) >= 11 is 0. The van der Waals surface area contributed by atoms with E-state index >= 15 is 0 Å². The molecule has 1 aromatic heterocycles. The van der Waals surface area contributed by atoms with Crippen LogP contribution < -0.4 is 0 Å². The largest absolute Gasteiger partial charge is 0.512 e. The van der Waals surface area contributed by atoms with Gasteiger partial charge in [0.1, 0.15) is 0 Å². The normalized spacial score (nSPS) is 12.3. The average Bonchev–Trinajstić information content (AvgIpc) is 3.10. The van der Waals surface area contributed by atoms with Crippen molar-refractivity contribution in [3.8, 4) is 11.3 Å². The number of rotatable bonds is 8. The Kier molecular flexibility index (Phi) is 11.5. The molecule has 1 heterocycles. The van der Waals surface area contributed by atoms with Crippen molar-refractivity contribution in [1.29, 1.82) is 0 Å². The summed E-state index contributed by atoms with van der Waals surface area (Å²) in [5.41, 5.74) is 4.42. The molecule has 1 N–H and O–H groups in total. The minimum absolute atomic E-state index is 0. The number of pyridine rings is 1. The Labute approximate surface area is 310 Å². The molecule has 7 aromatic rings. The third-order valence-corrected chi connectivity index (χ3v) is 10.3. The summed E-state index contributed by atoms with van der Waals surface area (Å²) in [5.74, 6) is 0.547. The summed E-state index contributed by atoms with van der Waals surface area (Å²) in [7, 11) is 0. The maximum Gasteiger partial charge on any atom is 0.162 e. The smallest absolute Gasteiger partial charge is 0.162 e. The van der Waals surface area contributed by atoms with E-state index in [1.165, 1.54) is 54.7 Å². The summed E-state index contributed by atoms with van der Waals surface area (Å²) in [6.45, 7) is 14.9. The third-order valence-electron chi connectivity index (χ3n) is 10.3. The molecule has 0 aliphatic carbocycles. The van der Waals surface area contributed by atoms with Crippen LogP contribution in [0.4, 0.5) is 0 Å². The summed E-state index contributed by atoms with van der Waals surface area (Å²) < 4.78 is 0. The van der Waals surface area contributed by atoms with Crippen LogP contribution in [-0.4, -0.2) is 15.9 Å². The predicted molar refractivity (Wildman–Crippen MR) is 210 cm³/mol. The first-order chi connectivity index (χ1) is 23.6. The molecule has 0 amide bonds. The van der Waals surface area contributed by atoms with Gasteiger partial charge in [0.25, 0.3) is 0 Å². The molecule has 7 rings (SSSR count). The Morgan fingerprint density at radius 3 is 1.90 bits per heavy atom. The number of carbonyl (C=O) groups excluding carboxylic acids is 1. The van der Waals surface area contributed by atoms with Crippen LogP contribution >= 0.6 is 0 Å². The van der Waals surface area contributed by atoms with E-state index in [1.807, 2.05) is 27.7 Å². The second-order valence-corrected chi connectivity index (χ2v) is 14.4. The number of fused-ring (bicyclic) bond motifs is 3. The van der Waals surface area contributed by atoms with Gasteiger partial charge < -0.3 is 5.11 Å². The van der Waals surface area contributed by atoms with Crippen LogP contribution in [0.25, 0.3) is 65.3 Å². The fourth-order valence-electron chi connectivity index (χ4n) is 7.42. The zero-order chi connectivity index (χ0) is 34.9. The summed E-state index contributed by atoms with van der Waals surface area (Å²) in [5, 5.41) is 21.1. The van der Waals surface area contributed by atoms with Crippen molar-refractivity contribution in [1.82, 2.24) is 4.98 Å². The Balaban J connectivity index is 0.000000261. The zero-order valence-corrected chi connectivity index (χ0v) is 32.8. The maximum atomic E-state index is 11.7. The number of ketones is 1. The number of allylic oxidation sites excluding steroid dienone is 2. The van der Waals surface area contributed by atoms with Crippen molar-refractivity contribution in [2.24, 2.45) is 11.8 Å². The Bertz CT molecular complexity index is 2300. The molecule has 0 fully saturated rings. The van der Waals surface area contributed by atoms with E-state index in [-0.39, 0.29) is 48.9 Å². The van der Waals surface area contributed by atoms with Crippen LogP contribution in [0, 0.1) is 17.9 Å². The quantitative estimate of drug-likeness (QED) is 0.0545. The fraction of sp³-hybridized carbons (Fsp3) is 0.304. The molecule has 4 heteroatoms. The minimum atomic E-state index is 0. The maximum absolute atomic E-state index is 11.7. The molecule has 0 saturated carbocycles. The number of hydrogen-bond donors (Lipinski definition) is 1. The van der Waals surface area contributed by atoms with Gasteiger partial charge in [-0.25, -0.2) is 0 Å². The van der Waals surface area contributed by atoms with Crippen LogP contribution in [0.1, 0.15) is 79.7 Å². The second kappa shape index (κ2) is 15.4. The van der Waals surface area contributed by atoms with E-state index < -0.39 is 0 Å². The zero-order valence-electron chi connectivity index (χ0n) is 30.4. The fourth-order valence-corrected chi connectivity index (χ4v) is 7.42. The molecule has 3 nitrogen and oxygen atoms in total. The van der Waals surface area contributed by atoms with E-state index in [0.29, 0.717) is 0 Å². The van der Waals surface area contributed by atoms with Gasteiger partial charge in [-0.2, -0.15) is 0 Å².